The summed E-state index contributed by atoms with van der Waals surface area (Å²) in [5.41, 5.74) is 4.82. The molecule has 1 aliphatic heterocycles. The Labute approximate surface area is 180 Å². The first kappa shape index (κ1) is 20.2. The van der Waals surface area contributed by atoms with Crippen LogP contribution in [-0.2, 0) is 9.59 Å². The fourth-order valence-corrected chi connectivity index (χ4v) is 4.64. The molecule has 3 aromatic rings. The molecule has 1 aromatic heterocycles. The normalized spacial score (nSPS) is 16.0. The smallest absolute Gasteiger partial charge is 0.237 e. The molecule has 30 heavy (non-hydrogen) atoms. The van der Waals surface area contributed by atoms with Gasteiger partial charge in [0.05, 0.1) is 22.8 Å². The van der Waals surface area contributed by atoms with Crippen LogP contribution in [-0.4, -0.2) is 33.2 Å². The molecule has 0 spiro atoms. The summed E-state index contributed by atoms with van der Waals surface area (Å²) in [6, 6.07) is 13.5. The lowest BCUT2D eigenvalue weighted by molar-refractivity contribution is -0.117. The molecule has 1 aliphatic rings. The SMILES string of the molecule is Cc1ccc(-n2ccnc2SCC(=O)N2c3ccccc3NC(=O)CC2C)c(C)c1. The fraction of sp³-hybridized carbons (Fsp3) is 0.261. The van der Waals surface area contributed by atoms with Crippen molar-refractivity contribution in [3.8, 4) is 5.69 Å². The number of para-hydroxylation sites is 2. The lowest BCUT2D eigenvalue weighted by atomic mass is 10.1. The van der Waals surface area contributed by atoms with Crippen molar-refractivity contribution in [1.82, 2.24) is 9.55 Å². The molecular formula is C23H24N4O2S. The van der Waals surface area contributed by atoms with E-state index in [0.29, 0.717) is 5.69 Å². The second-order valence-electron chi connectivity index (χ2n) is 7.54. The molecular weight excluding hydrogens is 396 g/mol. The van der Waals surface area contributed by atoms with E-state index in [4.69, 9.17) is 0 Å². The van der Waals surface area contributed by atoms with Crippen LogP contribution in [0.25, 0.3) is 5.69 Å². The summed E-state index contributed by atoms with van der Waals surface area (Å²) in [6.45, 7) is 6.04. The summed E-state index contributed by atoms with van der Waals surface area (Å²) in [6.07, 6.45) is 3.93. The first-order chi connectivity index (χ1) is 14.4. The number of anilines is 2. The number of imidazole rings is 1. The summed E-state index contributed by atoms with van der Waals surface area (Å²) >= 11 is 1.40. The Kier molecular flexibility index (Phi) is 5.63. The van der Waals surface area contributed by atoms with E-state index in [-0.39, 0.29) is 30.0 Å². The van der Waals surface area contributed by atoms with Crippen molar-refractivity contribution in [2.24, 2.45) is 0 Å². The van der Waals surface area contributed by atoms with E-state index >= 15 is 0 Å². The van der Waals surface area contributed by atoms with Crippen LogP contribution >= 0.6 is 11.8 Å². The molecule has 0 fully saturated rings. The zero-order valence-corrected chi connectivity index (χ0v) is 18.1. The van der Waals surface area contributed by atoms with Gasteiger partial charge in [-0.2, -0.15) is 0 Å². The average Bonchev–Trinajstić information content (AvgIpc) is 3.11. The van der Waals surface area contributed by atoms with Gasteiger partial charge in [0.1, 0.15) is 0 Å². The Morgan fingerprint density at radius 1 is 1.20 bits per heavy atom. The second-order valence-corrected chi connectivity index (χ2v) is 8.48. The van der Waals surface area contributed by atoms with Gasteiger partial charge in [-0.3, -0.25) is 14.2 Å². The van der Waals surface area contributed by atoms with E-state index < -0.39 is 0 Å². The van der Waals surface area contributed by atoms with Crippen molar-refractivity contribution in [3.05, 3.63) is 66.0 Å². The summed E-state index contributed by atoms with van der Waals surface area (Å²) in [5.74, 6) is 0.101. The number of rotatable bonds is 4. The van der Waals surface area contributed by atoms with E-state index in [9.17, 15) is 9.59 Å². The molecule has 2 amide bonds. The quantitative estimate of drug-likeness (QED) is 0.638. The van der Waals surface area contributed by atoms with Crippen LogP contribution in [0.5, 0.6) is 0 Å². The van der Waals surface area contributed by atoms with Gasteiger partial charge in [0, 0.05) is 24.9 Å². The van der Waals surface area contributed by atoms with Gasteiger partial charge in [-0.05, 0) is 44.5 Å². The van der Waals surface area contributed by atoms with E-state index in [1.165, 1.54) is 17.3 Å². The van der Waals surface area contributed by atoms with Gasteiger partial charge in [0.25, 0.3) is 0 Å². The lowest BCUT2D eigenvalue weighted by Crippen LogP contribution is -2.40. The number of nitrogens with zero attached hydrogens (tertiary/aromatic N) is 3. The number of nitrogens with one attached hydrogen (secondary N) is 1. The third-order valence-corrected chi connectivity index (χ3v) is 6.12. The Hall–Kier alpha value is -3.06. The average molecular weight is 421 g/mol. The number of hydrogen-bond donors (Lipinski definition) is 1. The van der Waals surface area contributed by atoms with Crippen molar-refractivity contribution in [1.29, 1.82) is 0 Å². The van der Waals surface area contributed by atoms with Crippen LogP contribution in [0, 0.1) is 13.8 Å². The number of carbonyl (C=O) groups is 2. The van der Waals surface area contributed by atoms with Gasteiger partial charge in [-0.25, -0.2) is 4.98 Å². The van der Waals surface area contributed by atoms with Crippen molar-refractivity contribution in [2.45, 2.75) is 38.4 Å². The highest BCUT2D eigenvalue weighted by atomic mass is 32.2. The van der Waals surface area contributed by atoms with Crippen LogP contribution < -0.4 is 10.2 Å². The van der Waals surface area contributed by atoms with E-state index in [0.717, 1.165) is 22.1 Å². The molecule has 0 aliphatic carbocycles. The van der Waals surface area contributed by atoms with Crippen molar-refractivity contribution in [3.63, 3.8) is 0 Å². The van der Waals surface area contributed by atoms with Crippen LogP contribution in [0.4, 0.5) is 11.4 Å². The Bertz CT molecular complexity index is 1110. The van der Waals surface area contributed by atoms with Crippen molar-refractivity contribution < 1.29 is 9.59 Å². The zero-order chi connectivity index (χ0) is 21.3. The van der Waals surface area contributed by atoms with E-state index in [1.807, 2.05) is 42.0 Å². The van der Waals surface area contributed by atoms with Gasteiger partial charge in [0.15, 0.2) is 5.16 Å². The number of amides is 2. The molecule has 1 atom stereocenters. The number of thioether (sulfide) groups is 1. The molecule has 6 nitrogen and oxygen atoms in total. The third kappa shape index (κ3) is 3.98. The molecule has 2 aromatic carbocycles. The minimum absolute atomic E-state index is 0.0494. The van der Waals surface area contributed by atoms with Gasteiger partial charge < -0.3 is 10.2 Å². The number of aryl methyl sites for hydroxylation is 2. The Balaban J connectivity index is 1.56. The number of aromatic nitrogens is 2. The molecule has 0 bridgehead atoms. The van der Waals surface area contributed by atoms with Crippen LogP contribution in [0.2, 0.25) is 0 Å². The second kappa shape index (κ2) is 8.36. The Morgan fingerprint density at radius 2 is 2.00 bits per heavy atom. The van der Waals surface area contributed by atoms with Gasteiger partial charge in [-0.15, -0.1) is 0 Å². The maximum absolute atomic E-state index is 13.2. The first-order valence-electron chi connectivity index (χ1n) is 9.89. The van der Waals surface area contributed by atoms with Crippen molar-refractivity contribution in [2.75, 3.05) is 16.0 Å². The first-order valence-corrected chi connectivity index (χ1v) is 10.9. The molecule has 4 rings (SSSR count). The maximum Gasteiger partial charge on any atom is 0.237 e. The Morgan fingerprint density at radius 3 is 2.80 bits per heavy atom. The van der Waals surface area contributed by atoms with E-state index in [1.54, 1.807) is 11.1 Å². The number of benzene rings is 2. The van der Waals surface area contributed by atoms with Gasteiger partial charge >= 0.3 is 0 Å². The molecule has 0 radical (unpaired) electrons. The molecule has 0 saturated heterocycles. The topological polar surface area (TPSA) is 67.2 Å². The lowest BCUT2D eigenvalue weighted by Gasteiger charge is -2.27. The number of hydrogen-bond acceptors (Lipinski definition) is 4. The molecule has 0 saturated carbocycles. The molecule has 1 N–H and O–H groups in total. The largest absolute Gasteiger partial charge is 0.324 e. The minimum Gasteiger partial charge on any atom is -0.324 e. The monoisotopic (exact) mass is 420 g/mol. The molecule has 154 valence electrons. The number of fused-ring (bicyclic) bond motifs is 1. The minimum atomic E-state index is -0.221. The highest BCUT2D eigenvalue weighted by Gasteiger charge is 2.29. The van der Waals surface area contributed by atoms with Crippen LogP contribution in [0.15, 0.2) is 60.0 Å². The summed E-state index contributed by atoms with van der Waals surface area (Å²) < 4.78 is 2.01. The fourth-order valence-electron chi connectivity index (χ4n) is 3.82. The van der Waals surface area contributed by atoms with Crippen LogP contribution in [0.3, 0.4) is 0 Å². The highest BCUT2D eigenvalue weighted by Crippen LogP contribution is 2.32. The maximum atomic E-state index is 13.2. The molecule has 7 heteroatoms. The van der Waals surface area contributed by atoms with Crippen LogP contribution in [0.1, 0.15) is 24.5 Å². The standard InChI is InChI=1S/C23H24N4O2S/c1-15-8-9-19(16(2)12-15)26-11-10-24-23(26)30-14-22(29)27-17(3)13-21(28)25-18-6-4-5-7-20(18)27/h4-12,17H,13-14H2,1-3H3,(H,25,28). The van der Waals surface area contributed by atoms with E-state index in [2.05, 4.69) is 42.3 Å². The van der Waals surface area contributed by atoms with Gasteiger partial charge in [0.2, 0.25) is 11.8 Å². The molecule has 2 heterocycles. The number of carbonyl (C=O) groups excluding carboxylic acids is 2. The predicted molar refractivity (Wildman–Crippen MR) is 120 cm³/mol. The third-order valence-electron chi connectivity index (χ3n) is 5.17. The van der Waals surface area contributed by atoms with Crippen molar-refractivity contribution >= 4 is 35.0 Å². The molecule has 1 unspecified atom stereocenters. The van der Waals surface area contributed by atoms with Gasteiger partial charge in [-0.1, -0.05) is 41.6 Å². The summed E-state index contributed by atoms with van der Waals surface area (Å²) in [4.78, 5) is 31.6. The zero-order valence-electron chi connectivity index (χ0n) is 17.3. The summed E-state index contributed by atoms with van der Waals surface area (Å²) in [5, 5.41) is 3.66. The predicted octanol–water partition coefficient (Wildman–Crippen LogP) is 4.35. The summed E-state index contributed by atoms with van der Waals surface area (Å²) in [7, 11) is 0. The highest BCUT2D eigenvalue weighted by molar-refractivity contribution is 7.99.